The monoisotopic (exact) mass is 471 g/mol. The molecule has 0 aliphatic heterocycles. The molecule has 18 heteroatoms. The Morgan fingerprint density at radius 2 is 1.26 bits per heavy atom. The Morgan fingerprint density at radius 3 is 1.67 bits per heavy atom. The number of hydrogen-bond donors (Lipinski definition) is 1. The molecule has 0 aromatic carbocycles. The lowest BCUT2D eigenvalue weighted by Gasteiger charge is -2.35. The van der Waals surface area contributed by atoms with Crippen LogP contribution in [0.5, 0.6) is 0 Å². The van der Waals surface area contributed by atoms with Gasteiger partial charge in [-0.05, 0) is 12.8 Å². The molecule has 1 aliphatic carbocycles. The van der Waals surface area contributed by atoms with Crippen molar-refractivity contribution in [1.29, 1.82) is 0 Å². The van der Waals surface area contributed by atoms with Crippen molar-refractivity contribution in [3.8, 4) is 0 Å². The SMILES string of the molecule is NS(=O)(=O)C(F)(F)C(F)(F)C(F)(F)S(=O)(=O)[N-]S(=O)(=O)OC1CCCCC1. The first kappa shape index (κ1) is 24.3. The second kappa shape index (κ2) is 7.29. The molecule has 0 spiro atoms. The van der Waals surface area contributed by atoms with E-state index in [-0.39, 0.29) is 12.8 Å². The summed E-state index contributed by atoms with van der Waals surface area (Å²) in [5, 5.41) is -9.99. The number of halogens is 6. The average Bonchev–Trinajstić information content (AvgIpc) is 2.44. The Labute approximate surface area is 150 Å². The molecule has 1 rings (SSSR count). The summed E-state index contributed by atoms with van der Waals surface area (Å²) in [6.07, 6.45) is 0.476. The van der Waals surface area contributed by atoms with E-state index in [0.29, 0.717) is 19.3 Å². The molecule has 0 saturated heterocycles. The van der Waals surface area contributed by atoms with Crippen molar-refractivity contribution in [2.24, 2.45) is 5.14 Å². The maximum absolute atomic E-state index is 13.6. The van der Waals surface area contributed by atoms with Crippen LogP contribution in [0.1, 0.15) is 32.1 Å². The van der Waals surface area contributed by atoms with E-state index in [2.05, 4.69) is 9.32 Å². The fraction of sp³-hybridized carbons (Fsp3) is 1.00. The topological polar surface area (TPSA) is 152 Å². The standard InChI is InChI=1S/C9H13F6N2O7S3/c10-7(11,8(12,13)25(16,18)19)9(14,15)26(20,21)17-27(22,23)24-6-4-2-1-3-5-6/h6H,1-5H2,(H2,16,18,19)/q-1. The number of nitrogens with zero attached hydrogens (tertiary/aromatic N) is 1. The third-order valence-corrected chi connectivity index (χ3v) is 7.32. The highest BCUT2D eigenvalue weighted by Gasteiger charge is 2.79. The number of nitrogens with two attached hydrogens (primary N) is 1. The van der Waals surface area contributed by atoms with Gasteiger partial charge in [0.25, 0.3) is 10.0 Å². The molecule has 1 fully saturated rings. The largest absolute Gasteiger partial charge is 0.427 e. The summed E-state index contributed by atoms with van der Waals surface area (Å²) in [4.78, 5) is 0. The number of primary sulfonamides is 1. The van der Waals surface area contributed by atoms with Crippen molar-refractivity contribution in [1.82, 2.24) is 0 Å². The van der Waals surface area contributed by atoms with E-state index in [1.807, 2.05) is 0 Å². The lowest BCUT2D eigenvalue weighted by molar-refractivity contribution is -0.243. The van der Waals surface area contributed by atoms with Crippen LogP contribution < -0.4 is 5.14 Å². The Kier molecular flexibility index (Phi) is 6.57. The first-order valence-electron chi connectivity index (χ1n) is 6.86. The van der Waals surface area contributed by atoms with E-state index in [0.717, 1.165) is 0 Å². The second-order valence-electron chi connectivity index (χ2n) is 5.49. The van der Waals surface area contributed by atoms with Crippen molar-refractivity contribution >= 4 is 30.4 Å². The quantitative estimate of drug-likeness (QED) is 0.525. The highest BCUT2D eigenvalue weighted by atomic mass is 32.3. The van der Waals surface area contributed by atoms with Crippen molar-refractivity contribution in [3.05, 3.63) is 4.13 Å². The van der Waals surface area contributed by atoms with Crippen LogP contribution in [0.15, 0.2) is 0 Å². The van der Waals surface area contributed by atoms with Crippen LogP contribution in [-0.2, 0) is 34.5 Å². The second-order valence-corrected chi connectivity index (χ2v) is 10.2. The van der Waals surface area contributed by atoms with E-state index >= 15 is 0 Å². The number of hydrogen-bond acceptors (Lipinski definition) is 7. The van der Waals surface area contributed by atoms with Crippen LogP contribution in [0.4, 0.5) is 26.3 Å². The summed E-state index contributed by atoms with van der Waals surface area (Å²) in [5.41, 5.74) is 0. The van der Waals surface area contributed by atoms with Gasteiger partial charge in [0.15, 0.2) is 10.0 Å². The molecule has 1 aliphatic rings. The van der Waals surface area contributed by atoms with Crippen LogP contribution in [0.25, 0.3) is 4.13 Å². The van der Waals surface area contributed by atoms with Crippen molar-refractivity contribution < 1.29 is 55.8 Å². The predicted octanol–water partition coefficient (Wildman–Crippen LogP) is 1.39. The molecule has 0 atom stereocenters. The Bertz CT molecular complexity index is 866. The van der Waals surface area contributed by atoms with Crippen molar-refractivity contribution in [2.75, 3.05) is 0 Å². The molecular formula is C9H13F6N2O7S3-. The highest BCUT2D eigenvalue weighted by molar-refractivity contribution is 8.10. The minimum atomic E-state index is -7.24. The summed E-state index contributed by atoms with van der Waals surface area (Å²) in [5.74, 6) is -7.16. The third kappa shape index (κ3) is 4.66. The summed E-state index contributed by atoms with van der Waals surface area (Å²) < 4.78 is 152. The van der Waals surface area contributed by atoms with Gasteiger partial charge in [0.05, 0.1) is 6.10 Å². The zero-order valence-corrected chi connectivity index (χ0v) is 15.4. The molecule has 0 amide bonds. The first-order valence-corrected chi connectivity index (χ1v) is 11.2. The summed E-state index contributed by atoms with van der Waals surface area (Å²) in [7, 11) is -19.7. The molecule has 1 saturated carbocycles. The molecule has 0 aromatic heterocycles. The molecule has 0 aromatic rings. The van der Waals surface area contributed by atoms with Crippen LogP contribution in [-0.4, -0.2) is 47.8 Å². The van der Waals surface area contributed by atoms with Gasteiger partial charge in [0.2, 0.25) is 10.3 Å². The molecule has 162 valence electrons. The van der Waals surface area contributed by atoms with Gasteiger partial charge in [-0.3, -0.25) is 4.18 Å². The van der Waals surface area contributed by atoms with Gasteiger partial charge in [0.1, 0.15) is 0 Å². The van der Waals surface area contributed by atoms with Crippen LogP contribution >= 0.6 is 0 Å². The van der Waals surface area contributed by atoms with Gasteiger partial charge >= 0.3 is 16.4 Å². The maximum Gasteiger partial charge on any atom is 0.427 e. The van der Waals surface area contributed by atoms with E-state index < -0.39 is 52.9 Å². The van der Waals surface area contributed by atoms with E-state index in [1.165, 1.54) is 4.13 Å². The smallest absolute Gasteiger partial charge is 0.406 e. The molecule has 2 N–H and O–H groups in total. The van der Waals surface area contributed by atoms with Gasteiger partial charge in [-0.1, -0.05) is 19.3 Å². The van der Waals surface area contributed by atoms with Gasteiger partial charge < -0.3 is 4.13 Å². The number of sulfonamides is 2. The van der Waals surface area contributed by atoms with Gasteiger partial charge in [0, 0.05) is 0 Å². The fourth-order valence-corrected chi connectivity index (χ4v) is 5.04. The lowest BCUT2D eigenvalue weighted by atomic mass is 9.98. The van der Waals surface area contributed by atoms with Gasteiger partial charge in [-0.2, -0.15) is 26.3 Å². The number of alkyl halides is 6. The fourth-order valence-electron chi connectivity index (χ4n) is 2.03. The van der Waals surface area contributed by atoms with Crippen LogP contribution in [0.2, 0.25) is 0 Å². The predicted molar refractivity (Wildman–Crippen MR) is 77.1 cm³/mol. The normalized spacial score (nSPS) is 19.2. The van der Waals surface area contributed by atoms with Crippen molar-refractivity contribution in [2.45, 2.75) is 54.6 Å². The van der Waals surface area contributed by atoms with Crippen LogP contribution in [0, 0.1) is 0 Å². The molecule has 0 heterocycles. The summed E-state index contributed by atoms with van der Waals surface area (Å²) in [6.45, 7) is 0. The average molecular weight is 471 g/mol. The molecular weight excluding hydrogens is 458 g/mol. The minimum absolute atomic E-state index is 0.0604. The maximum atomic E-state index is 13.6. The van der Waals surface area contributed by atoms with Gasteiger partial charge in [-0.25, -0.2) is 30.4 Å². The van der Waals surface area contributed by atoms with E-state index in [4.69, 9.17) is 0 Å². The first-order chi connectivity index (χ1) is 11.8. The molecule has 0 bridgehead atoms. The van der Waals surface area contributed by atoms with E-state index in [9.17, 15) is 51.6 Å². The third-order valence-electron chi connectivity index (χ3n) is 3.41. The summed E-state index contributed by atoms with van der Waals surface area (Å²) in [6, 6.07) is 0. The zero-order chi connectivity index (χ0) is 21.5. The van der Waals surface area contributed by atoms with E-state index in [1.54, 1.807) is 0 Å². The Hall–Kier alpha value is -0.690. The van der Waals surface area contributed by atoms with Crippen molar-refractivity contribution in [3.63, 3.8) is 0 Å². The highest BCUT2D eigenvalue weighted by Crippen LogP contribution is 2.51. The zero-order valence-electron chi connectivity index (χ0n) is 13.0. The Balaban J connectivity index is 3.20. The Morgan fingerprint density at radius 1 is 0.815 bits per heavy atom. The molecule has 27 heavy (non-hydrogen) atoms. The molecule has 0 unspecified atom stereocenters. The van der Waals surface area contributed by atoms with Crippen LogP contribution in [0.3, 0.4) is 0 Å². The molecule has 9 nitrogen and oxygen atoms in total. The minimum Gasteiger partial charge on any atom is -0.406 e. The lowest BCUT2D eigenvalue weighted by Crippen LogP contribution is -2.61. The summed E-state index contributed by atoms with van der Waals surface area (Å²) >= 11 is 0. The van der Waals surface area contributed by atoms with Gasteiger partial charge in [-0.15, -0.1) is 0 Å². The number of rotatable bonds is 8. The molecule has 0 radical (unpaired) electrons.